The molecule has 0 unspecified atom stereocenters. The summed E-state index contributed by atoms with van der Waals surface area (Å²) in [7, 11) is 0. The van der Waals surface area contributed by atoms with Gasteiger partial charge in [0.1, 0.15) is 12.4 Å². The van der Waals surface area contributed by atoms with Crippen LogP contribution in [0.4, 0.5) is 0 Å². The highest BCUT2D eigenvalue weighted by Gasteiger charge is 2.05. The minimum Gasteiger partial charge on any atom is -0.487 e. The molecule has 0 aliphatic carbocycles. The first-order valence-electron chi connectivity index (χ1n) is 9.06. The molecule has 0 aliphatic rings. The average Bonchev–Trinajstić information content (AvgIpc) is 2.75. The van der Waals surface area contributed by atoms with E-state index in [1.165, 1.54) is 5.56 Å². The van der Waals surface area contributed by atoms with Crippen molar-refractivity contribution in [3.8, 4) is 5.75 Å². The van der Waals surface area contributed by atoms with Gasteiger partial charge in [-0.3, -0.25) is 4.79 Å². The average molecular weight is 436 g/mol. The van der Waals surface area contributed by atoms with E-state index in [9.17, 15) is 4.79 Å². The predicted molar refractivity (Wildman–Crippen MR) is 119 cm³/mol. The van der Waals surface area contributed by atoms with Gasteiger partial charge in [-0.05, 0) is 30.2 Å². The van der Waals surface area contributed by atoms with E-state index in [1.807, 2.05) is 72.8 Å². The summed E-state index contributed by atoms with van der Waals surface area (Å²) < 4.78 is 5.83. The van der Waals surface area contributed by atoms with E-state index in [0.717, 1.165) is 21.8 Å². The Kier molecular flexibility index (Phi) is 7.04. The van der Waals surface area contributed by atoms with Crippen LogP contribution in [0.15, 0.2) is 89.7 Å². The van der Waals surface area contributed by atoms with Gasteiger partial charge in [-0.15, -0.1) is 0 Å². The number of H-pyrrole nitrogens is 1. The number of ether oxygens (including phenoxy) is 1. The quantitative estimate of drug-likeness (QED) is 0.399. The number of halogens is 1. The Morgan fingerprint density at radius 1 is 0.857 bits per heavy atom. The van der Waals surface area contributed by atoms with Crippen molar-refractivity contribution in [3.05, 3.63) is 112 Å². The van der Waals surface area contributed by atoms with Gasteiger partial charge >= 0.3 is 0 Å². The van der Waals surface area contributed by atoms with Crippen LogP contribution in [0.5, 0.6) is 5.75 Å². The first kappa shape index (κ1) is 19.9. The summed E-state index contributed by atoms with van der Waals surface area (Å²) >= 11 is 3.36. The minimum atomic E-state index is -0.0757. The smallest absolute Gasteiger partial charge is 0.251 e. The molecule has 0 bridgehead atoms. The van der Waals surface area contributed by atoms with Crippen molar-refractivity contribution in [2.24, 2.45) is 0 Å². The largest absolute Gasteiger partial charge is 0.487 e. The van der Waals surface area contributed by atoms with Crippen LogP contribution in [0, 0.1) is 6.92 Å². The lowest BCUT2D eigenvalue weighted by molar-refractivity contribution is 0.309. The highest BCUT2D eigenvalue weighted by atomic mass is 79.9. The second kappa shape index (κ2) is 9.90. The first-order valence-corrected chi connectivity index (χ1v) is 10.2. The molecule has 0 aliphatic heterocycles. The molecule has 142 valence electrons. The molecule has 28 heavy (non-hydrogen) atoms. The van der Waals surface area contributed by atoms with Gasteiger partial charge in [-0.1, -0.05) is 88.7 Å². The van der Waals surface area contributed by atoms with Crippen LogP contribution in [-0.2, 0) is 11.9 Å². The van der Waals surface area contributed by atoms with Gasteiger partial charge in [0.15, 0.2) is 0 Å². The Balaban J connectivity index is 0.000000236. The fourth-order valence-corrected chi connectivity index (χ4v) is 3.11. The van der Waals surface area contributed by atoms with Crippen molar-refractivity contribution < 1.29 is 4.74 Å². The van der Waals surface area contributed by atoms with Crippen molar-refractivity contribution in [3.63, 3.8) is 0 Å². The van der Waals surface area contributed by atoms with Crippen LogP contribution in [0.3, 0.4) is 0 Å². The lowest BCUT2D eigenvalue weighted by Gasteiger charge is -2.09. The standard InChI is InChI=1S/C17H15NO2.C7H7Br/c1-12-10-14-8-5-9-15(16(14)18-17(12)19)20-11-13-6-3-2-4-7-13;8-6-7-4-2-1-3-5-7/h2-10H,11H2,1H3,(H,18,19);1-5H,6H2. The summed E-state index contributed by atoms with van der Waals surface area (Å²) in [4.78, 5) is 14.6. The summed E-state index contributed by atoms with van der Waals surface area (Å²) in [6.45, 7) is 2.28. The van der Waals surface area contributed by atoms with Crippen LogP contribution in [-0.4, -0.2) is 4.98 Å². The number of rotatable bonds is 4. The summed E-state index contributed by atoms with van der Waals surface area (Å²) in [5.41, 5.74) is 3.80. The number of hydrogen-bond acceptors (Lipinski definition) is 2. The van der Waals surface area contributed by atoms with Crippen LogP contribution in [0.25, 0.3) is 10.9 Å². The van der Waals surface area contributed by atoms with Crippen molar-refractivity contribution in [2.45, 2.75) is 18.9 Å². The Hall–Kier alpha value is -2.85. The normalized spacial score (nSPS) is 10.2. The molecule has 0 fully saturated rings. The van der Waals surface area contributed by atoms with E-state index in [1.54, 1.807) is 6.92 Å². The van der Waals surface area contributed by atoms with Gasteiger partial charge in [0.2, 0.25) is 0 Å². The topological polar surface area (TPSA) is 42.1 Å². The van der Waals surface area contributed by atoms with Crippen molar-refractivity contribution in [2.75, 3.05) is 0 Å². The number of nitrogens with one attached hydrogen (secondary N) is 1. The van der Waals surface area contributed by atoms with Crippen LogP contribution >= 0.6 is 15.9 Å². The number of aromatic amines is 1. The fourth-order valence-electron chi connectivity index (χ4n) is 2.74. The molecule has 0 radical (unpaired) electrons. The first-order chi connectivity index (χ1) is 13.7. The van der Waals surface area contributed by atoms with E-state index in [4.69, 9.17) is 4.74 Å². The molecule has 3 aromatic carbocycles. The van der Waals surface area contributed by atoms with Gasteiger partial charge < -0.3 is 9.72 Å². The predicted octanol–water partition coefficient (Wildman–Crippen LogP) is 6.00. The summed E-state index contributed by atoms with van der Waals surface area (Å²) in [5.74, 6) is 0.698. The summed E-state index contributed by atoms with van der Waals surface area (Å²) in [6, 6.07) is 27.9. The molecule has 4 heteroatoms. The number of fused-ring (bicyclic) bond motifs is 1. The Bertz CT molecular complexity index is 1080. The number of benzene rings is 3. The maximum absolute atomic E-state index is 11.7. The number of pyridine rings is 1. The van der Waals surface area contributed by atoms with Crippen LogP contribution in [0.2, 0.25) is 0 Å². The molecule has 0 saturated heterocycles. The molecular weight excluding hydrogens is 414 g/mol. The summed E-state index contributed by atoms with van der Waals surface area (Å²) in [6.07, 6.45) is 0. The third-order valence-corrected chi connectivity index (χ3v) is 4.91. The monoisotopic (exact) mass is 435 g/mol. The summed E-state index contributed by atoms with van der Waals surface area (Å²) in [5, 5.41) is 1.93. The lowest BCUT2D eigenvalue weighted by Crippen LogP contribution is -2.09. The zero-order valence-electron chi connectivity index (χ0n) is 15.7. The zero-order chi connectivity index (χ0) is 19.8. The molecule has 0 amide bonds. The van der Waals surface area contributed by atoms with Gasteiger partial charge in [-0.2, -0.15) is 0 Å². The maximum Gasteiger partial charge on any atom is 0.251 e. The van der Waals surface area contributed by atoms with E-state index < -0.39 is 0 Å². The minimum absolute atomic E-state index is 0.0757. The number of aromatic nitrogens is 1. The highest BCUT2D eigenvalue weighted by Crippen LogP contribution is 2.23. The molecule has 4 rings (SSSR count). The van der Waals surface area contributed by atoms with Crippen molar-refractivity contribution in [1.29, 1.82) is 0 Å². The molecule has 1 aromatic heterocycles. The lowest BCUT2D eigenvalue weighted by atomic mass is 10.1. The Morgan fingerprint density at radius 3 is 2.11 bits per heavy atom. The molecule has 0 saturated carbocycles. The third-order valence-electron chi connectivity index (χ3n) is 4.26. The molecule has 1 N–H and O–H groups in total. The molecule has 4 aromatic rings. The third kappa shape index (κ3) is 5.33. The second-order valence-corrected chi connectivity index (χ2v) is 6.96. The van der Waals surface area contributed by atoms with Crippen molar-refractivity contribution in [1.82, 2.24) is 4.98 Å². The van der Waals surface area contributed by atoms with E-state index in [2.05, 4.69) is 33.0 Å². The van der Waals surface area contributed by atoms with Gasteiger partial charge in [-0.25, -0.2) is 0 Å². The second-order valence-electron chi connectivity index (χ2n) is 6.40. The van der Waals surface area contributed by atoms with Gasteiger partial charge in [0.05, 0.1) is 5.52 Å². The number of alkyl halides is 1. The van der Waals surface area contributed by atoms with E-state index in [-0.39, 0.29) is 5.56 Å². The highest BCUT2D eigenvalue weighted by molar-refractivity contribution is 9.08. The Labute approximate surface area is 173 Å². The zero-order valence-corrected chi connectivity index (χ0v) is 17.3. The number of aryl methyl sites for hydroxylation is 1. The van der Waals surface area contributed by atoms with Crippen LogP contribution in [0.1, 0.15) is 16.7 Å². The van der Waals surface area contributed by atoms with Crippen molar-refractivity contribution >= 4 is 26.8 Å². The molecule has 1 heterocycles. The van der Waals surface area contributed by atoms with Gasteiger partial charge in [0, 0.05) is 16.3 Å². The van der Waals surface area contributed by atoms with E-state index in [0.29, 0.717) is 17.9 Å². The molecule has 3 nitrogen and oxygen atoms in total. The van der Waals surface area contributed by atoms with Gasteiger partial charge in [0.25, 0.3) is 5.56 Å². The van der Waals surface area contributed by atoms with E-state index >= 15 is 0 Å². The maximum atomic E-state index is 11.7. The number of para-hydroxylation sites is 1. The fraction of sp³-hybridized carbons (Fsp3) is 0.125. The Morgan fingerprint density at radius 2 is 1.50 bits per heavy atom. The molecule has 0 spiro atoms. The number of hydrogen-bond donors (Lipinski definition) is 1. The van der Waals surface area contributed by atoms with Crippen LogP contribution < -0.4 is 10.3 Å². The SMILES string of the molecule is BrCc1ccccc1.Cc1cc2cccc(OCc3ccccc3)c2[nH]c1=O. The molecular formula is C24H22BrNO2. The molecule has 0 atom stereocenters.